The summed E-state index contributed by atoms with van der Waals surface area (Å²) in [5.74, 6) is 2.46. The lowest BCUT2D eigenvalue weighted by atomic mass is 9.52. The molecule has 0 radical (unpaired) electrons. The predicted molar refractivity (Wildman–Crippen MR) is 129 cm³/mol. The SMILES string of the molecule is O=C(CSc1ncnc2sccc12)OCC(=O)N(Cc1ccco1)C12CC3CC(CC(C3)C1)C2. The summed E-state index contributed by atoms with van der Waals surface area (Å²) >= 11 is 2.85. The maximum Gasteiger partial charge on any atom is 0.316 e. The Morgan fingerprint density at radius 3 is 2.62 bits per heavy atom. The number of amides is 1. The zero-order valence-electron chi connectivity index (χ0n) is 18.9. The minimum atomic E-state index is -0.413. The molecule has 3 heterocycles. The van der Waals surface area contributed by atoms with Gasteiger partial charge in [0.1, 0.15) is 21.9 Å². The van der Waals surface area contributed by atoms with Crippen LogP contribution in [-0.2, 0) is 20.9 Å². The fraction of sp³-hybridized carbons (Fsp3) is 0.520. The molecule has 0 spiro atoms. The second kappa shape index (κ2) is 9.00. The zero-order chi connectivity index (χ0) is 23.1. The number of rotatable bonds is 8. The minimum Gasteiger partial charge on any atom is -0.467 e. The van der Waals surface area contributed by atoms with Gasteiger partial charge in [0.05, 0.1) is 18.6 Å². The van der Waals surface area contributed by atoms with Crippen molar-refractivity contribution < 1.29 is 18.7 Å². The van der Waals surface area contributed by atoms with Crippen molar-refractivity contribution in [2.75, 3.05) is 12.4 Å². The monoisotopic (exact) mass is 497 g/mol. The molecule has 7 nitrogen and oxygen atoms in total. The van der Waals surface area contributed by atoms with E-state index < -0.39 is 5.97 Å². The van der Waals surface area contributed by atoms with Gasteiger partial charge in [0.2, 0.25) is 0 Å². The first-order valence-corrected chi connectivity index (χ1v) is 13.7. The van der Waals surface area contributed by atoms with Crippen molar-refractivity contribution in [3.05, 3.63) is 41.9 Å². The smallest absolute Gasteiger partial charge is 0.316 e. The molecule has 1 amide bonds. The molecule has 4 bridgehead atoms. The third-order valence-corrected chi connectivity index (χ3v) is 9.48. The van der Waals surface area contributed by atoms with Crippen LogP contribution in [0.2, 0.25) is 0 Å². The minimum absolute atomic E-state index is 0.102. The summed E-state index contributed by atoms with van der Waals surface area (Å²) in [6, 6.07) is 5.72. The average molecular weight is 498 g/mol. The second-order valence-corrected chi connectivity index (χ2v) is 11.8. The number of hydrogen-bond donors (Lipinski definition) is 0. The number of hydrogen-bond acceptors (Lipinski definition) is 8. The Morgan fingerprint density at radius 1 is 1.15 bits per heavy atom. The van der Waals surface area contributed by atoms with Crippen LogP contribution in [0.25, 0.3) is 10.2 Å². The van der Waals surface area contributed by atoms with Gasteiger partial charge in [-0.1, -0.05) is 11.8 Å². The van der Waals surface area contributed by atoms with Gasteiger partial charge in [-0.3, -0.25) is 9.59 Å². The van der Waals surface area contributed by atoms with Gasteiger partial charge >= 0.3 is 5.97 Å². The molecule has 0 aromatic carbocycles. The van der Waals surface area contributed by atoms with Crippen LogP contribution in [0.15, 0.2) is 45.6 Å². The number of esters is 1. The van der Waals surface area contributed by atoms with E-state index in [1.165, 1.54) is 48.7 Å². The lowest BCUT2D eigenvalue weighted by Gasteiger charge is -2.60. The fourth-order valence-corrected chi connectivity index (χ4v) is 8.32. The molecule has 4 aliphatic rings. The van der Waals surface area contributed by atoms with Crippen LogP contribution < -0.4 is 0 Å². The van der Waals surface area contributed by atoms with Crippen molar-refractivity contribution in [2.24, 2.45) is 17.8 Å². The van der Waals surface area contributed by atoms with E-state index >= 15 is 0 Å². The third-order valence-electron chi connectivity index (χ3n) is 7.68. The van der Waals surface area contributed by atoms with Crippen LogP contribution in [0.3, 0.4) is 0 Å². The largest absolute Gasteiger partial charge is 0.467 e. The number of thioether (sulfide) groups is 1. The molecule has 0 aliphatic heterocycles. The van der Waals surface area contributed by atoms with Crippen LogP contribution >= 0.6 is 23.1 Å². The van der Waals surface area contributed by atoms with Gasteiger partial charge in [-0.15, -0.1) is 11.3 Å². The van der Waals surface area contributed by atoms with Crippen LogP contribution in [0.5, 0.6) is 0 Å². The quantitative estimate of drug-likeness (QED) is 0.248. The number of carbonyl (C=O) groups excluding carboxylic acids is 2. The van der Waals surface area contributed by atoms with Gasteiger partial charge in [-0.2, -0.15) is 0 Å². The van der Waals surface area contributed by atoms with Crippen molar-refractivity contribution in [1.29, 1.82) is 0 Å². The van der Waals surface area contributed by atoms with Gasteiger partial charge in [0.15, 0.2) is 6.61 Å². The molecule has 3 aromatic heterocycles. The van der Waals surface area contributed by atoms with Crippen molar-refractivity contribution in [3.8, 4) is 0 Å². The summed E-state index contributed by atoms with van der Waals surface area (Å²) in [5, 5.41) is 3.65. The molecular weight excluding hydrogens is 470 g/mol. The van der Waals surface area contributed by atoms with Gasteiger partial charge in [-0.05, 0) is 79.9 Å². The number of aromatic nitrogens is 2. The van der Waals surface area contributed by atoms with E-state index in [1.807, 2.05) is 28.5 Å². The molecule has 0 N–H and O–H groups in total. The topological polar surface area (TPSA) is 85.5 Å². The summed E-state index contributed by atoms with van der Waals surface area (Å²) in [7, 11) is 0. The number of ether oxygens (including phenoxy) is 1. The first kappa shape index (κ1) is 22.1. The molecule has 7 rings (SSSR count). The number of thiophene rings is 1. The standard InChI is InChI=1S/C25H27N3O4S2/c29-21(13-32-22(30)14-34-24-20-3-5-33-23(20)26-15-27-24)28(12-19-2-1-4-31-19)25-9-16-6-17(10-25)8-18(7-16)11-25/h1-5,15-18H,6-14H2. The Bertz CT molecular complexity index is 1160. The van der Waals surface area contributed by atoms with E-state index in [4.69, 9.17) is 9.15 Å². The van der Waals surface area contributed by atoms with Crippen LogP contribution in [0.1, 0.15) is 44.3 Å². The Hall–Kier alpha value is -2.39. The number of furan rings is 1. The number of carbonyl (C=O) groups is 2. The van der Waals surface area contributed by atoms with E-state index in [0.29, 0.717) is 24.3 Å². The Labute approximate surface area is 206 Å². The van der Waals surface area contributed by atoms with Crippen molar-refractivity contribution >= 4 is 45.2 Å². The first-order chi connectivity index (χ1) is 16.6. The molecule has 0 saturated heterocycles. The summed E-state index contributed by atoms with van der Waals surface area (Å²) in [6.07, 6.45) is 10.2. The van der Waals surface area contributed by atoms with E-state index in [9.17, 15) is 9.59 Å². The average Bonchev–Trinajstić information content (AvgIpc) is 3.51. The lowest BCUT2D eigenvalue weighted by molar-refractivity contribution is -0.162. The lowest BCUT2D eigenvalue weighted by Crippen LogP contribution is -2.61. The third kappa shape index (κ3) is 4.24. The Balaban J connectivity index is 1.12. The maximum absolute atomic E-state index is 13.5. The second-order valence-electron chi connectivity index (χ2n) is 9.97. The number of nitrogens with zero attached hydrogens (tertiary/aromatic N) is 3. The highest BCUT2D eigenvalue weighted by molar-refractivity contribution is 8.00. The molecule has 3 aromatic rings. The first-order valence-electron chi connectivity index (χ1n) is 11.9. The summed E-state index contributed by atoms with van der Waals surface area (Å²) in [4.78, 5) is 37.4. The van der Waals surface area contributed by atoms with Crippen LogP contribution in [0.4, 0.5) is 0 Å². The zero-order valence-corrected chi connectivity index (χ0v) is 20.5. The van der Waals surface area contributed by atoms with Crippen molar-refractivity contribution in [1.82, 2.24) is 14.9 Å². The van der Waals surface area contributed by atoms with Gasteiger partial charge < -0.3 is 14.1 Å². The van der Waals surface area contributed by atoms with Gasteiger partial charge in [-0.25, -0.2) is 9.97 Å². The van der Waals surface area contributed by atoms with E-state index in [2.05, 4.69) is 9.97 Å². The molecule has 4 aliphatic carbocycles. The molecule has 9 heteroatoms. The predicted octanol–water partition coefficient (Wildman–Crippen LogP) is 4.92. The molecule has 34 heavy (non-hydrogen) atoms. The molecule has 4 saturated carbocycles. The van der Waals surface area contributed by atoms with E-state index in [1.54, 1.807) is 6.26 Å². The molecule has 178 valence electrons. The Kier molecular flexibility index (Phi) is 5.85. The number of fused-ring (bicyclic) bond motifs is 1. The van der Waals surface area contributed by atoms with Crippen molar-refractivity contribution in [3.63, 3.8) is 0 Å². The highest BCUT2D eigenvalue weighted by Crippen LogP contribution is 2.58. The van der Waals surface area contributed by atoms with Gasteiger partial charge in [0.25, 0.3) is 5.91 Å². The van der Waals surface area contributed by atoms with Crippen LogP contribution in [0, 0.1) is 17.8 Å². The van der Waals surface area contributed by atoms with E-state index in [-0.39, 0.29) is 23.8 Å². The van der Waals surface area contributed by atoms with Crippen LogP contribution in [-0.4, -0.2) is 44.6 Å². The van der Waals surface area contributed by atoms with Crippen molar-refractivity contribution in [2.45, 2.75) is 55.6 Å². The summed E-state index contributed by atoms with van der Waals surface area (Å²) in [6.45, 7) is 0.195. The van der Waals surface area contributed by atoms with E-state index in [0.717, 1.165) is 40.3 Å². The molecular formula is C25H27N3O4S2. The summed E-state index contributed by atoms with van der Waals surface area (Å²) < 4.78 is 11.1. The highest BCUT2D eigenvalue weighted by Gasteiger charge is 2.54. The summed E-state index contributed by atoms with van der Waals surface area (Å²) in [5.41, 5.74) is -0.134. The fourth-order valence-electron chi connectivity index (χ4n) is 6.75. The Morgan fingerprint density at radius 2 is 1.91 bits per heavy atom. The molecule has 4 fully saturated rings. The van der Waals surface area contributed by atoms with Gasteiger partial charge in [0, 0.05) is 10.9 Å². The highest BCUT2D eigenvalue weighted by atomic mass is 32.2. The normalized spacial score (nSPS) is 27.2. The molecule has 0 unspecified atom stereocenters. The molecule has 0 atom stereocenters. The maximum atomic E-state index is 13.5.